The molecule has 140 valence electrons. The van der Waals surface area contributed by atoms with Crippen LogP contribution in [0.5, 0.6) is 0 Å². The number of methoxy groups -OCH3 is 1. The van der Waals surface area contributed by atoms with Gasteiger partial charge in [0.1, 0.15) is 0 Å². The third-order valence-electron chi connectivity index (χ3n) is 6.33. The largest absolute Gasteiger partial charge is 0.465 e. The number of benzene rings is 2. The van der Waals surface area contributed by atoms with Gasteiger partial charge in [-0.3, -0.25) is 4.79 Å². The summed E-state index contributed by atoms with van der Waals surface area (Å²) in [6.45, 7) is 0. The van der Waals surface area contributed by atoms with Gasteiger partial charge in [0.2, 0.25) is 0 Å². The molecule has 0 aliphatic heterocycles. The van der Waals surface area contributed by atoms with Crippen molar-refractivity contribution in [1.82, 2.24) is 0 Å². The lowest BCUT2D eigenvalue weighted by Gasteiger charge is -2.49. The van der Waals surface area contributed by atoms with Crippen LogP contribution < -0.4 is 0 Å². The van der Waals surface area contributed by atoms with E-state index in [-0.39, 0.29) is 23.2 Å². The number of aliphatic hydroxyl groups is 1. The van der Waals surface area contributed by atoms with Gasteiger partial charge in [0.05, 0.1) is 18.8 Å². The summed E-state index contributed by atoms with van der Waals surface area (Å²) in [5, 5.41) is 10.2. The van der Waals surface area contributed by atoms with Crippen molar-refractivity contribution < 1.29 is 19.4 Å². The number of hydrogen-bond acceptors (Lipinski definition) is 4. The van der Waals surface area contributed by atoms with Gasteiger partial charge in [0.15, 0.2) is 5.78 Å². The van der Waals surface area contributed by atoms with E-state index in [1.54, 1.807) is 12.1 Å². The molecule has 3 unspecified atom stereocenters. The smallest absolute Gasteiger partial charge is 0.337 e. The fourth-order valence-corrected chi connectivity index (χ4v) is 5.01. The Morgan fingerprint density at radius 2 is 2.00 bits per heavy atom. The van der Waals surface area contributed by atoms with E-state index in [9.17, 15) is 14.7 Å². The zero-order valence-corrected chi connectivity index (χ0v) is 15.5. The predicted octanol–water partition coefficient (Wildman–Crippen LogP) is 3.70. The number of ether oxygens (including phenoxy) is 1. The molecule has 0 radical (unpaired) electrons. The molecule has 4 rings (SSSR count). The Hall–Kier alpha value is -2.46. The molecule has 2 aromatic rings. The van der Waals surface area contributed by atoms with Crippen LogP contribution >= 0.6 is 0 Å². The topological polar surface area (TPSA) is 63.6 Å². The fourth-order valence-electron chi connectivity index (χ4n) is 5.01. The third kappa shape index (κ3) is 3.08. The first-order valence-corrected chi connectivity index (χ1v) is 9.51. The number of esters is 1. The zero-order valence-electron chi connectivity index (χ0n) is 15.5. The number of Topliss-reactive ketones (excluding diaryl/α,β-unsaturated/α-hetero) is 1. The summed E-state index contributed by atoms with van der Waals surface area (Å²) in [5.74, 6) is -0.257. The van der Waals surface area contributed by atoms with Crippen LogP contribution in [0.1, 0.15) is 57.5 Å². The van der Waals surface area contributed by atoms with Crippen LogP contribution in [-0.2, 0) is 16.6 Å². The number of carbonyl (C=O) groups excluding carboxylic acids is 2. The first kappa shape index (κ1) is 17.9. The Kier molecular flexibility index (Phi) is 4.60. The van der Waals surface area contributed by atoms with Crippen molar-refractivity contribution in [3.63, 3.8) is 0 Å². The molecule has 27 heavy (non-hydrogen) atoms. The molecule has 0 amide bonds. The van der Waals surface area contributed by atoms with Gasteiger partial charge in [0, 0.05) is 17.4 Å². The van der Waals surface area contributed by atoms with Crippen LogP contribution in [0.25, 0.3) is 0 Å². The first-order valence-electron chi connectivity index (χ1n) is 9.51. The summed E-state index contributed by atoms with van der Waals surface area (Å²) in [7, 11) is 1.35. The van der Waals surface area contributed by atoms with E-state index in [4.69, 9.17) is 4.74 Å². The molecule has 0 heterocycles. The molecule has 4 heteroatoms. The minimum absolute atomic E-state index is 0.0542. The Bertz CT molecular complexity index is 873. The second-order valence-electron chi connectivity index (χ2n) is 7.82. The molecular weight excluding hydrogens is 340 g/mol. The summed E-state index contributed by atoms with van der Waals surface area (Å²) in [6, 6.07) is 15.7. The highest BCUT2D eigenvalue weighted by Gasteiger charge is 2.49. The maximum Gasteiger partial charge on any atom is 0.337 e. The van der Waals surface area contributed by atoms with Gasteiger partial charge in [-0.05, 0) is 54.9 Å². The van der Waals surface area contributed by atoms with Gasteiger partial charge in [0.25, 0.3) is 0 Å². The van der Waals surface area contributed by atoms with Crippen LogP contribution in [0.4, 0.5) is 0 Å². The van der Waals surface area contributed by atoms with Crippen LogP contribution in [0.15, 0.2) is 48.5 Å². The number of ketones is 1. The zero-order chi connectivity index (χ0) is 19.0. The molecule has 1 N–H and O–H groups in total. The Balaban J connectivity index is 1.84. The minimum atomic E-state index is -0.427. The van der Waals surface area contributed by atoms with Crippen molar-refractivity contribution in [2.45, 2.75) is 43.6 Å². The minimum Gasteiger partial charge on any atom is -0.465 e. The van der Waals surface area contributed by atoms with Gasteiger partial charge in [-0.15, -0.1) is 0 Å². The maximum atomic E-state index is 12.9. The lowest BCUT2D eigenvalue weighted by atomic mass is 9.54. The lowest BCUT2D eigenvalue weighted by molar-refractivity contribution is 0.0385. The molecule has 0 spiro atoms. The van der Waals surface area contributed by atoms with E-state index in [1.807, 2.05) is 24.3 Å². The molecule has 0 aromatic heterocycles. The molecule has 1 saturated carbocycles. The number of hydrogen-bond donors (Lipinski definition) is 1. The molecular formula is C23H24O4. The van der Waals surface area contributed by atoms with Gasteiger partial charge < -0.3 is 9.84 Å². The molecule has 1 fully saturated rings. The summed E-state index contributed by atoms with van der Waals surface area (Å²) < 4.78 is 4.82. The normalized spacial score (nSPS) is 26.8. The highest BCUT2D eigenvalue weighted by molar-refractivity contribution is 6.02. The van der Waals surface area contributed by atoms with Crippen LogP contribution in [0.3, 0.4) is 0 Å². The van der Waals surface area contributed by atoms with E-state index < -0.39 is 5.97 Å². The molecule has 3 atom stereocenters. The molecule has 2 aromatic carbocycles. The quantitative estimate of drug-likeness (QED) is 0.844. The van der Waals surface area contributed by atoms with Gasteiger partial charge in [-0.2, -0.15) is 0 Å². The summed E-state index contributed by atoms with van der Waals surface area (Å²) in [6.07, 6.45) is 3.13. The molecule has 2 aliphatic carbocycles. The molecule has 4 nitrogen and oxygen atoms in total. The standard InChI is InChI=1S/C23H24O4/c1-27-22(26)16-7-8-20-19(11-16)21(25)13-17-12-18(24)9-10-23(17,20)14-15-5-3-2-4-6-15/h2-8,11,17-18,24H,9-10,12-14H2,1H3. The van der Waals surface area contributed by atoms with Crippen molar-refractivity contribution in [2.75, 3.05) is 7.11 Å². The fraction of sp³-hybridized carbons (Fsp3) is 0.391. The van der Waals surface area contributed by atoms with Gasteiger partial charge >= 0.3 is 5.97 Å². The molecule has 0 saturated heterocycles. The summed E-state index contributed by atoms with van der Waals surface area (Å²) in [4.78, 5) is 24.8. The second-order valence-corrected chi connectivity index (χ2v) is 7.82. The number of fused-ring (bicyclic) bond motifs is 3. The number of carbonyl (C=O) groups is 2. The van der Waals surface area contributed by atoms with Gasteiger partial charge in [-0.1, -0.05) is 36.4 Å². The maximum absolute atomic E-state index is 12.9. The Morgan fingerprint density at radius 3 is 2.74 bits per heavy atom. The van der Waals surface area contributed by atoms with E-state index >= 15 is 0 Å². The van der Waals surface area contributed by atoms with Crippen LogP contribution in [-0.4, -0.2) is 30.1 Å². The van der Waals surface area contributed by atoms with Crippen molar-refractivity contribution in [3.8, 4) is 0 Å². The number of rotatable bonds is 3. The monoisotopic (exact) mass is 364 g/mol. The third-order valence-corrected chi connectivity index (χ3v) is 6.33. The highest BCUT2D eigenvalue weighted by atomic mass is 16.5. The molecule has 0 bridgehead atoms. The van der Waals surface area contributed by atoms with Crippen LogP contribution in [0.2, 0.25) is 0 Å². The number of aliphatic hydroxyl groups excluding tert-OH is 1. The van der Waals surface area contributed by atoms with Crippen molar-refractivity contribution in [2.24, 2.45) is 5.92 Å². The van der Waals surface area contributed by atoms with Crippen molar-refractivity contribution in [1.29, 1.82) is 0 Å². The lowest BCUT2D eigenvalue weighted by Crippen LogP contribution is -2.48. The SMILES string of the molecule is COC(=O)c1ccc2c(c1)C(=O)CC1CC(O)CCC21Cc1ccccc1. The first-order chi connectivity index (χ1) is 13.0. The predicted molar refractivity (Wildman–Crippen MR) is 102 cm³/mol. The van der Waals surface area contributed by atoms with Crippen molar-refractivity contribution >= 4 is 11.8 Å². The average Bonchev–Trinajstić information content (AvgIpc) is 2.69. The van der Waals surface area contributed by atoms with E-state index in [0.29, 0.717) is 24.0 Å². The van der Waals surface area contributed by atoms with E-state index in [1.165, 1.54) is 12.7 Å². The van der Waals surface area contributed by atoms with Crippen molar-refractivity contribution in [3.05, 3.63) is 70.8 Å². The Labute approximate surface area is 159 Å². The highest BCUT2D eigenvalue weighted by Crippen LogP contribution is 2.52. The summed E-state index contributed by atoms with van der Waals surface area (Å²) in [5.41, 5.74) is 3.12. The van der Waals surface area contributed by atoms with E-state index in [2.05, 4.69) is 12.1 Å². The molecule has 2 aliphatic rings. The average molecular weight is 364 g/mol. The van der Waals surface area contributed by atoms with E-state index in [0.717, 1.165) is 24.8 Å². The van der Waals surface area contributed by atoms with Gasteiger partial charge in [-0.25, -0.2) is 4.79 Å². The second kappa shape index (κ2) is 6.93. The summed E-state index contributed by atoms with van der Waals surface area (Å²) >= 11 is 0. The van der Waals surface area contributed by atoms with Crippen LogP contribution in [0, 0.1) is 5.92 Å². The Morgan fingerprint density at radius 1 is 1.22 bits per heavy atom.